The van der Waals surface area contributed by atoms with Crippen LogP contribution < -0.4 is 10.6 Å². The zero-order valence-electron chi connectivity index (χ0n) is 20.9. The second kappa shape index (κ2) is 10.1. The highest BCUT2D eigenvalue weighted by Crippen LogP contribution is 2.63. The van der Waals surface area contributed by atoms with Gasteiger partial charge in [0.15, 0.2) is 0 Å². The minimum atomic E-state index is -0.572. The first kappa shape index (κ1) is 25.0. The molecule has 3 N–H and O–H groups in total. The molecule has 180 valence electrons. The van der Waals surface area contributed by atoms with Crippen LogP contribution >= 0.6 is 0 Å². The smallest absolute Gasteiger partial charge is 0.220 e. The number of nitrogens with zero attached hydrogens (tertiary/aromatic N) is 1. The largest absolute Gasteiger partial charge is 0.390 e. The molecule has 4 unspecified atom stereocenters. The summed E-state index contributed by atoms with van der Waals surface area (Å²) in [6, 6.07) is 0.458. The van der Waals surface area contributed by atoms with Crippen LogP contribution in [0.25, 0.3) is 0 Å². The van der Waals surface area contributed by atoms with Gasteiger partial charge >= 0.3 is 0 Å². The van der Waals surface area contributed by atoms with E-state index >= 15 is 0 Å². The normalized spacial score (nSPS) is 35.8. The van der Waals surface area contributed by atoms with Gasteiger partial charge in [-0.05, 0) is 95.2 Å². The molecule has 0 radical (unpaired) electrons. The molecule has 0 aromatic rings. The number of hydrogen-bond acceptors (Lipinski definition) is 4. The van der Waals surface area contributed by atoms with Crippen molar-refractivity contribution in [1.82, 2.24) is 15.5 Å². The van der Waals surface area contributed by atoms with Crippen LogP contribution in [0.5, 0.6) is 0 Å². The lowest BCUT2D eigenvalue weighted by Crippen LogP contribution is -2.52. The summed E-state index contributed by atoms with van der Waals surface area (Å²) in [6.45, 7) is 9.53. The first-order chi connectivity index (χ1) is 14.5. The van der Waals surface area contributed by atoms with Crippen molar-refractivity contribution in [2.45, 2.75) is 103 Å². The molecular weight excluding hydrogens is 386 g/mol. The Hall–Kier alpha value is -0.650. The Morgan fingerprint density at radius 2 is 1.77 bits per heavy atom. The van der Waals surface area contributed by atoms with Crippen molar-refractivity contribution >= 4 is 5.91 Å². The number of aliphatic hydroxyl groups is 1. The summed E-state index contributed by atoms with van der Waals surface area (Å²) in [5.41, 5.74) is -0.257. The Labute approximate surface area is 191 Å². The van der Waals surface area contributed by atoms with Crippen LogP contribution in [0.1, 0.15) is 91.4 Å². The van der Waals surface area contributed by atoms with Crippen molar-refractivity contribution in [2.75, 3.05) is 33.7 Å². The average molecular weight is 436 g/mol. The molecule has 3 saturated carbocycles. The predicted octanol–water partition coefficient (Wildman–Crippen LogP) is 3.95. The van der Waals surface area contributed by atoms with Gasteiger partial charge < -0.3 is 20.6 Å². The lowest BCUT2D eigenvalue weighted by atomic mass is 9.57. The number of hydrogen-bond donors (Lipinski definition) is 3. The molecular formula is C26H49N3O2. The van der Waals surface area contributed by atoms with Gasteiger partial charge in [-0.25, -0.2) is 0 Å². The van der Waals surface area contributed by atoms with Crippen LogP contribution in [0, 0.1) is 22.7 Å². The van der Waals surface area contributed by atoms with Crippen molar-refractivity contribution in [1.29, 1.82) is 0 Å². The topological polar surface area (TPSA) is 64.6 Å². The van der Waals surface area contributed by atoms with Crippen molar-refractivity contribution in [2.24, 2.45) is 22.7 Å². The number of rotatable bonds is 9. The van der Waals surface area contributed by atoms with E-state index in [0.29, 0.717) is 24.9 Å². The number of likely N-dealkylation sites (N-methyl/N-ethyl adjacent to an activating group) is 1. The van der Waals surface area contributed by atoms with Gasteiger partial charge in [0.25, 0.3) is 0 Å². The molecule has 1 amide bonds. The molecule has 3 fully saturated rings. The number of fused-ring (bicyclic) bond motifs is 1. The molecule has 3 aliphatic rings. The highest BCUT2D eigenvalue weighted by atomic mass is 16.3. The minimum absolute atomic E-state index is 0.124. The highest BCUT2D eigenvalue weighted by molar-refractivity contribution is 5.75. The molecule has 0 aliphatic heterocycles. The molecule has 3 rings (SSSR count). The van der Waals surface area contributed by atoms with Gasteiger partial charge in [-0.1, -0.05) is 33.1 Å². The quantitative estimate of drug-likeness (QED) is 0.513. The molecule has 0 spiro atoms. The molecule has 0 saturated heterocycles. The number of nitrogens with one attached hydrogen (secondary N) is 2. The van der Waals surface area contributed by atoms with Crippen LogP contribution in [0.3, 0.4) is 0 Å². The molecule has 5 nitrogen and oxygen atoms in total. The van der Waals surface area contributed by atoms with Gasteiger partial charge in [-0.2, -0.15) is 0 Å². The first-order valence-electron chi connectivity index (χ1n) is 12.9. The zero-order valence-corrected chi connectivity index (χ0v) is 20.9. The standard InChI is InChI=1S/C26H49N3O2/c1-24(2)18-22(28-19-20-9-7-6-8-10-20)26(14-13-25(3,31)17-21(24)26)12-11-23(30)27-15-16-29(4)5/h20-22,28,31H,6-19H2,1-5H3,(H,27,30). The summed E-state index contributed by atoms with van der Waals surface area (Å²) in [5, 5.41) is 18.1. The van der Waals surface area contributed by atoms with Crippen LogP contribution in [0.4, 0.5) is 0 Å². The molecule has 4 atom stereocenters. The summed E-state index contributed by atoms with van der Waals surface area (Å²) < 4.78 is 0. The highest BCUT2D eigenvalue weighted by Gasteiger charge is 2.61. The van der Waals surface area contributed by atoms with E-state index in [1.54, 1.807) is 0 Å². The van der Waals surface area contributed by atoms with Gasteiger partial charge in [0.2, 0.25) is 5.91 Å². The van der Waals surface area contributed by atoms with E-state index < -0.39 is 5.60 Å². The van der Waals surface area contributed by atoms with Crippen LogP contribution in [-0.4, -0.2) is 61.3 Å². The third-order valence-corrected chi connectivity index (χ3v) is 8.91. The predicted molar refractivity (Wildman–Crippen MR) is 128 cm³/mol. The van der Waals surface area contributed by atoms with Gasteiger partial charge in [-0.15, -0.1) is 0 Å². The van der Waals surface area contributed by atoms with Gasteiger partial charge in [-0.3, -0.25) is 4.79 Å². The lowest BCUT2D eigenvalue weighted by molar-refractivity contribution is -0.123. The Balaban J connectivity index is 1.69. The Bertz CT molecular complexity index is 597. The lowest BCUT2D eigenvalue weighted by Gasteiger charge is -2.51. The molecule has 5 heteroatoms. The number of carbonyl (C=O) groups excluding carboxylic acids is 1. The van der Waals surface area contributed by atoms with E-state index in [9.17, 15) is 9.90 Å². The van der Waals surface area contributed by atoms with E-state index in [1.807, 2.05) is 21.0 Å². The third kappa shape index (κ3) is 6.23. The monoisotopic (exact) mass is 435 g/mol. The summed E-state index contributed by atoms with van der Waals surface area (Å²) >= 11 is 0. The van der Waals surface area contributed by atoms with E-state index in [4.69, 9.17) is 0 Å². The first-order valence-corrected chi connectivity index (χ1v) is 12.9. The minimum Gasteiger partial charge on any atom is -0.390 e. The second-order valence-electron chi connectivity index (χ2n) is 12.3. The van der Waals surface area contributed by atoms with Crippen molar-refractivity contribution in [3.8, 4) is 0 Å². The fourth-order valence-electron chi connectivity index (χ4n) is 7.07. The fraction of sp³-hybridized carbons (Fsp3) is 0.962. The van der Waals surface area contributed by atoms with Gasteiger partial charge in [0, 0.05) is 25.6 Å². The van der Waals surface area contributed by atoms with Crippen molar-refractivity contribution in [3.05, 3.63) is 0 Å². The molecule has 0 aromatic carbocycles. The Kier molecular flexibility index (Phi) is 8.13. The second-order valence-corrected chi connectivity index (χ2v) is 12.3. The summed E-state index contributed by atoms with van der Waals surface area (Å²) in [6.07, 6.45) is 12.3. The molecule has 0 aromatic heterocycles. The Morgan fingerprint density at radius 1 is 1.06 bits per heavy atom. The fourth-order valence-corrected chi connectivity index (χ4v) is 7.07. The van der Waals surface area contributed by atoms with Crippen LogP contribution in [-0.2, 0) is 4.79 Å². The number of amides is 1. The molecule has 3 aliphatic carbocycles. The van der Waals surface area contributed by atoms with Crippen molar-refractivity contribution < 1.29 is 9.90 Å². The maximum Gasteiger partial charge on any atom is 0.220 e. The van der Waals surface area contributed by atoms with E-state index in [1.165, 1.54) is 32.1 Å². The van der Waals surface area contributed by atoms with E-state index in [-0.39, 0.29) is 16.7 Å². The third-order valence-electron chi connectivity index (χ3n) is 8.91. The average Bonchev–Trinajstić information content (AvgIpc) is 2.91. The number of carbonyl (C=O) groups is 1. The maximum absolute atomic E-state index is 12.7. The maximum atomic E-state index is 12.7. The summed E-state index contributed by atoms with van der Waals surface area (Å²) in [5.74, 6) is 1.46. The zero-order chi connectivity index (χ0) is 22.7. The van der Waals surface area contributed by atoms with E-state index in [2.05, 4.69) is 29.4 Å². The molecule has 0 heterocycles. The SMILES string of the molecule is CN(C)CCNC(=O)CCC12CCC(C)(O)CC1C(C)(C)CC2NCC1CCCCC1. The van der Waals surface area contributed by atoms with Gasteiger partial charge in [0.05, 0.1) is 5.60 Å². The van der Waals surface area contributed by atoms with Gasteiger partial charge in [0.1, 0.15) is 0 Å². The summed E-state index contributed by atoms with van der Waals surface area (Å²) in [4.78, 5) is 14.8. The van der Waals surface area contributed by atoms with Crippen LogP contribution in [0.2, 0.25) is 0 Å². The molecule has 31 heavy (non-hydrogen) atoms. The van der Waals surface area contributed by atoms with Crippen LogP contribution in [0.15, 0.2) is 0 Å². The van der Waals surface area contributed by atoms with E-state index in [0.717, 1.165) is 51.1 Å². The Morgan fingerprint density at radius 3 is 2.45 bits per heavy atom. The van der Waals surface area contributed by atoms with Crippen molar-refractivity contribution in [3.63, 3.8) is 0 Å². The summed E-state index contributed by atoms with van der Waals surface area (Å²) in [7, 11) is 4.07. The molecule has 0 bridgehead atoms.